The molecular formula is C22H25N9O2S. The number of hydrogen-bond donors (Lipinski definition) is 3. The highest BCUT2D eigenvalue weighted by Crippen LogP contribution is 2.44. The molecule has 0 spiro atoms. The van der Waals surface area contributed by atoms with Crippen LogP contribution in [0, 0.1) is 11.3 Å². The monoisotopic (exact) mass is 479 g/mol. The molecule has 11 nitrogen and oxygen atoms in total. The summed E-state index contributed by atoms with van der Waals surface area (Å²) in [6, 6.07) is 2.25. The number of fused-ring (bicyclic) bond motifs is 3. The van der Waals surface area contributed by atoms with Crippen LogP contribution in [0.25, 0.3) is 10.8 Å². The first-order valence-electron chi connectivity index (χ1n) is 11.3. The first-order valence-corrected chi connectivity index (χ1v) is 12.1. The Bertz CT molecular complexity index is 1330. The number of β-amino-alcohol motifs (C(OH)–C–C–N with tert-alkyl or cyclic N) is 1. The van der Waals surface area contributed by atoms with E-state index in [-0.39, 0.29) is 29.5 Å². The third-order valence-corrected chi connectivity index (χ3v) is 7.22. The molecule has 2 aliphatic heterocycles. The van der Waals surface area contributed by atoms with Gasteiger partial charge < -0.3 is 21.5 Å². The van der Waals surface area contributed by atoms with Gasteiger partial charge in [0.15, 0.2) is 0 Å². The molecule has 0 radical (unpaired) electrons. The zero-order chi connectivity index (χ0) is 24.0. The summed E-state index contributed by atoms with van der Waals surface area (Å²) in [6.07, 6.45) is 3.80. The Balaban J connectivity index is 1.68. The number of piperidine rings is 1. The van der Waals surface area contributed by atoms with Crippen molar-refractivity contribution in [2.45, 2.75) is 51.6 Å². The molecule has 5 N–H and O–H groups in total. The standard InChI is InChI=1S/C22H25N9O2S/c1-2-3-6-14-28-29-22(34-14)31-15(33)8-12-16-13(9-23)20(30-7-4-5-11(32)10-30)26-18(24)17(16)19(25)27-21(12)31/h11,32H,2-8,10H2,1H3,(H2,24,26)(H2,25,27)/t11-/m1/s1. The number of nitrogens with zero attached hydrogens (tertiary/aromatic N) is 7. The largest absolute Gasteiger partial charge is 0.391 e. The molecule has 5 heterocycles. The van der Waals surface area contributed by atoms with Crippen LogP contribution in [-0.2, 0) is 17.6 Å². The number of pyridine rings is 2. The Hall–Kier alpha value is -3.56. The normalized spacial score (nSPS) is 17.9. The van der Waals surface area contributed by atoms with Gasteiger partial charge in [-0.1, -0.05) is 24.7 Å². The van der Waals surface area contributed by atoms with E-state index in [1.807, 2.05) is 4.90 Å². The molecule has 0 saturated carbocycles. The number of carbonyl (C=O) groups excluding carboxylic acids is 1. The molecule has 1 saturated heterocycles. The fourth-order valence-electron chi connectivity index (χ4n) is 4.65. The lowest BCUT2D eigenvalue weighted by Gasteiger charge is -2.32. The number of nitrogens with two attached hydrogens (primary N) is 2. The molecule has 0 aliphatic carbocycles. The van der Waals surface area contributed by atoms with Crippen molar-refractivity contribution < 1.29 is 9.90 Å². The molecule has 0 bridgehead atoms. The lowest BCUT2D eigenvalue weighted by molar-refractivity contribution is -0.116. The van der Waals surface area contributed by atoms with Crippen molar-refractivity contribution in [2.75, 3.05) is 34.4 Å². The summed E-state index contributed by atoms with van der Waals surface area (Å²) in [5.74, 6) is 0.751. The van der Waals surface area contributed by atoms with E-state index in [4.69, 9.17) is 11.5 Å². The van der Waals surface area contributed by atoms with Crippen LogP contribution in [0.3, 0.4) is 0 Å². The zero-order valence-electron chi connectivity index (χ0n) is 18.8. The van der Waals surface area contributed by atoms with E-state index in [0.717, 1.165) is 30.7 Å². The highest BCUT2D eigenvalue weighted by Gasteiger charge is 2.37. The third-order valence-electron chi connectivity index (χ3n) is 6.25. The van der Waals surface area contributed by atoms with E-state index in [1.54, 1.807) is 0 Å². The van der Waals surface area contributed by atoms with Gasteiger partial charge in [-0.25, -0.2) is 14.9 Å². The molecule has 1 fully saturated rings. The van der Waals surface area contributed by atoms with Gasteiger partial charge in [0.25, 0.3) is 0 Å². The number of carbonyl (C=O) groups is 1. The SMILES string of the molecule is CCCCc1nnc(N2C(=O)Cc3c2nc(N)c2c(N)nc(N4CCC[C@@H](O)C4)c(C#N)c32)s1. The van der Waals surface area contributed by atoms with E-state index in [2.05, 4.69) is 33.2 Å². The van der Waals surface area contributed by atoms with Crippen LogP contribution < -0.4 is 21.3 Å². The molecule has 12 heteroatoms. The van der Waals surface area contributed by atoms with Crippen molar-refractivity contribution in [1.29, 1.82) is 5.26 Å². The number of aliphatic hydroxyl groups excluding tert-OH is 1. The van der Waals surface area contributed by atoms with Gasteiger partial charge in [-0.2, -0.15) is 5.26 Å². The van der Waals surface area contributed by atoms with Crippen molar-refractivity contribution in [3.63, 3.8) is 0 Å². The minimum atomic E-state index is -0.511. The highest BCUT2D eigenvalue weighted by atomic mass is 32.1. The number of amides is 1. The van der Waals surface area contributed by atoms with E-state index in [1.165, 1.54) is 16.2 Å². The summed E-state index contributed by atoms with van der Waals surface area (Å²) in [4.78, 5) is 25.4. The smallest absolute Gasteiger partial charge is 0.239 e. The number of aryl methyl sites for hydroxylation is 1. The van der Waals surface area contributed by atoms with Crippen molar-refractivity contribution in [3.8, 4) is 6.07 Å². The molecule has 34 heavy (non-hydrogen) atoms. The second-order valence-corrected chi connectivity index (χ2v) is 9.63. The minimum absolute atomic E-state index is 0.0309. The van der Waals surface area contributed by atoms with E-state index < -0.39 is 6.10 Å². The number of aliphatic hydroxyl groups is 1. The second-order valence-electron chi connectivity index (χ2n) is 8.59. The first kappa shape index (κ1) is 22.2. The lowest BCUT2D eigenvalue weighted by atomic mass is 9.99. The van der Waals surface area contributed by atoms with Crippen molar-refractivity contribution >= 4 is 56.4 Å². The first-order chi connectivity index (χ1) is 16.4. The van der Waals surface area contributed by atoms with Crippen LogP contribution in [0.5, 0.6) is 0 Å². The Kier molecular flexibility index (Phi) is 5.66. The van der Waals surface area contributed by atoms with Gasteiger partial charge in [-0.15, -0.1) is 10.2 Å². The van der Waals surface area contributed by atoms with E-state index >= 15 is 0 Å². The van der Waals surface area contributed by atoms with Gasteiger partial charge in [-0.3, -0.25) is 4.79 Å². The van der Waals surface area contributed by atoms with Crippen LogP contribution in [0.2, 0.25) is 0 Å². The predicted molar refractivity (Wildman–Crippen MR) is 130 cm³/mol. The van der Waals surface area contributed by atoms with Crippen molar-refractivity contribution in [3.05, 3.63) is 16.1 Å². The summed E-state index contributed by atoms with van der Waals surface area (Å²) >= 11 is 1.35. The number of hydrogen-bond acceptors (Lipinski definition) is 11. The molecule has 0 aromatic carbocycles. The fourth-order valence-corrected chi connectivity index (χ4v) is 5.55. The molecule has 1 amide bonds. The highest BCUT2D eigenvalue weighted by molar-refractivity contribution is 7.15. The summed E-state index contributed by atoms with van der Waals surface area (Å²) in [6.45, 7) is 3.10. The number of nitrogen functional groups attached to an aromatic ring is 2. The number of unbranched alkanes of at least 4 members (excludes halogenated alkanes) is 1. The average molecular weight is 480 g/mol. The summed E-state index contributed by atoms with van der Waals surface area (Å²) in [5, 5.41) is 30.9. The van der Waals surface area contributed by atoms with Crippen LogP contribution in [0.1, 0.15) is 48.7 Å². The Morgan fingerprint density at radius 3 is 2.68 bits per heavy atom. The number of nitriles is 1. The maximum atomic E-state index is 13.1. The average Bonchev–Trinajstić information content (AvgIpc) is 3.40. The molecule has 1 atom stereocenters. The molecule has 3 aromatic heterocycles. The number of aromatic nitrogens is 4. The Morgan fingerprint density at radius 2 is 1.97 bits per heavy atom. The fraction of sp³-hybridized carbons (Fsp3) is 0.455. The molecular weight excluding hydrogens is 454 g/mol. The van der Waals surface area contributed by atoms with Gasteiger partial charge in [0.2, 0.25) is 11.0 Å². The van der Waals surface area contributed by atoms with Crippen LogP contribution in [0.15, 0.2) is 0 Å². The molecule has 3 aromatic rings. The molecule has 0 unspecified atom stereocenters. The van der Waals surface area contributed by atoms with E-state index in [9.17, 15) is 15.2 Å². The predicted octanol–water partition coefficient (Wildman–Crippen LogP) is 2.04. The molecule has 5 rings (SSSR count). The Morgan fingerprint density at radius 1 is 1.21 bits per heavy atom. The Labute approximate surface area is 200 Å². The minimum Gasteiger partial charge on any atom is -0.391 e. The van der Waals surface area contributed by atoms with Crippen LogP contribution in [0.4, 0.5) is 28.4 Å². The topological polar surface area (TPSA) is 171 Å². The van der Waals surface area contributed by atoms with Gasteiger partial charge in [-0.05, 0) is 19.3 Å². The zero-order valence-corrected chi connectivity index (χ0v) is 19.6. The number of anilines is 5. The van der Waals surface area contributed by atoms with Crippen molar-refractivity contribution in [1.82, 2.24) is 20.2 Å². The third kappa shape index (κ3) is 3.57. The van der Waals surface area contributed by atoms with Gasteiger partial charge in [0.05, 0.1) is 17.9 Å². The molecule has 2 aliphatic rings. The number of rotatable bonds is 5. The lowest BCUT2D eigenvalue weighted by Crippen LogP contribution is -2.39. The quantitative estimate of drug-likeness (QED) is 0.492. The van der Waals surface area contributed by atoms with Crippen LogP contribution >= 0.6 is 11.3 Å². The van der Waals surface area contributed by atoms with Gasteiger partial charge >= 0.3 is 0 Å². The second kappa shape index (κ2) is 8.66. The van der Waals surface area contributed by atoms with Gasteiger partial charge in [0.1, 0.15) is 39.9 Å². The maximum Gasteiger partial charge on any atom is 0.239 e. The van der Waals surface area contributed by atoms with Gasteiger partial charge in [0, 0.05) is 30.5 Å². The van der Waals surface area contributed by atoms with Crippen molar-refractivity contribution in [2.24, 2.45) is 0 Å². The summed E-state index contributed by atoms with van der Waals surface area (Å²) in [5.41, 5.74) is 13.4. The van der Waals surface area contributed by atoms with E-state index in [0.29, 0.717) is 52.6 Å². The maximum absolute atomic E-state index is 13.1. The van der Waals surface area contributed by atoms with Crippen LogP contribution in [-0.4, -0.2) is 50.4 Å². The summed E-state index contributed by atoms with van der Waals surface area (Å²) in [7, 11) is 0. The molecule has 176 valence electrons. The summed E-state index contributed by atoms with van der Waals surface area (Å²) < 4.78 is 0.